The fraction of sp³-hybridized carbons (Fsp3) is 0.182. The Kier molecular flexibility index (Phi) is 5.06. The summed E-state index contributed by atoms with van der Waals surface area (Å²) in [5, 5.41) is 12.6. The number of aliphatic carboxylic acids is 1. The Bertz CT molecular complexity index is 459. The first-order valence-corrected chi connectivity index (χ1v) is 5.48. The maximum atomic E-state index is 10.6. The number of nitrogens with two attached hydrogens (primary N) is 1. The first-order valence-electron chi connectivity index (χ1n) is 5.07. The summed E-state index contributed by atoms with van der Waals surface area (Å²) in [5.41, 5.74) is 8.42. The minimum Gasteiger partial charge on any atom is -0.479 e. The number of nitrogens with zero attached hydrogens (tertiary/aromatic N) is 1. The Morgan fingerprint density at radius 2 is 2.17 bits per heavy atom. The molecule has 0 fully saturated rings. The summed E-state index contributed by atoms with van der Waals surface area (Å²) in [4.78, 5) is 10.6. The molecule has 6 nitrogen and oxygen atoms in total. The molecule has 0 aliphatic carbocycles. The van der Waals surface area contributed by atoms with Gasteiger partial charge in [0.1, 0.15) is 5.75 Å². The van der Waals surface area contributed by atoms with E-state index in [1.54, 1.807) is 24.3 Å². The van der Waals surface area contributed by atoms with E-state index in [2.05, 4.69) is 22.7 Å². The number of ether oxygens (including phenoxy) is 1. The van der Waals surface area contributed by atoms with Crippen molar-refractivity contribution < 1.29 is 14.6 Å². The predicted octanol–water partition coefficient (Wildman–Crippen LogP) is 0.706. The summed E-state index contributed by atoms with van der Waals surface area (Å²) in [5.74, 6) is -0.536. The van der Waals surface area contributed by atoms with E-state index in [0.29, 0.717) is 5.75 Å². The van der Waals surface area contributed by atoms with Crippen LogP contribution in [0.25, 0.3) is 0 Å². The van der Waals surface area contributed by atoms with E-state index < -0.39 is 12.1 Å². The quantitative estimate of drug-likeness (QED) is 0.413. The number of hydrazone groups is 1. The fourth-order valence-electron chi connectivity index (χ4n) is 1.06. The average Bonchev–Trinajstić information content (AvgIpc) is 2.30. The monoisotopic (exact) mass is 267 g/mol. The highest BCUT2D eigenvalue weighted by molar-refractivity contribution is 7.80. The smallest absolute Gasteiger partial charge is 0.344 e. The van der Waals surface area contributed by atoms with Crippen molar-refractivity contribution in [2.45, 2.75) is 13.0 Å². The second-order valence-electron chi connectivity index (χ2n) is 3.40. The van der Waals surface area contributed by atoms with Crippen LogP contribution in [0.4, 0.5) is 0 Å². The van der Waals surface area contributed by atoms with Gasteiger partial charge in [-0.2, -0.15) is 5.10 Å². The molecule has 1 aromatic carbocycles. The third kappa shape index (κ3) is 4.79. The highest BCUT2D eigenvalue weighted by Gasteiger charge is 2.11. The number of carboxylic acids is 1. The molecule has 0 amide bonds. The molecule has 1 atom stereocenters. The highest BCUT2D eigenvalue weighted by Crippen LogP contribution is 2.13. The van der Waals surface area contributed by atoms with Crippen LogP contribution in [-0.2, 0) is 4.79 Å². The summed E-state index contributed by atoms with van der Waals surface area (Å²) in [7, 11) is 0. The van der Waals surface area contributed by atoms with E-state index >= 15 is 0 Å². The molecule has 1 rings (SSSR count). The van der Waals surface area contributed by atoms with Gasteiger partial charge in [-0.3, -0.25) is 5.43 Å². The third-order valence-corrected chi connectivity index (χ3v) is 2.02. The molecular formula is C11H13N3O3S. The molecule has 1 aromatic rings. The highest BCUT2D eigenvalue weighted by atomic mass is 32.1. The molecule has 18 heavy (non-hydrogen) atoms. The zero-order chi connectivity index (χ0) is 13.5. The van der Waals surface area contributed by atoms with Crippen LogP contribution in [0.1, 0.15) is 12.5 Å². The van der Waals surface area contributed by atoms with Crippen LogP contribution in [0.2, 0.25) is 0 Å². The van der Waals surface area contributed by atoms with Crippen molar-refractivity contribution in [2.75, 3.05) is 0 Å². The molecule has 0 saturated heterocycles. The Balaban J connectivity index is 2.60. The molecule has 96 valence electrons. The molecule has 0 saturated carbocycles. The Morgan fingerprint density at radius 3 is 2.67 bits per heavy atom. The number of carboxylic acid groups (broad SMARTS) is 1. The number of benzene rings is 1. The van der Waals surface area contributed by atoms with Crippen molar-refractivity contribution in [3.8, 4) is 5.75 Å². The molecular weight excluding hydrogens is 254 g/mol. The zero-order valence-corrected chi connectivity index (χ0v) is 10.5. The molecule has 0 heterocycles. The van der Waals surface area contributed by atoms with Crippen LogP contribution >= 0.6 is 12.2 Å². The van der Waals surface area contributed by atoms with E-state index in [4.69, 9.17) is 15.6 Å². The average molecular weight is 267 g/mol. The normalized spacial score (nSPS) is 12.1. The lowest BCUT2D eigenvalue weighted by atomic mass is 10.2. The van der Waals surface area contributed by atoms with Crippen molar-refractivity contribution in [3.63, 3.8) is 0 Å². The van der Waals surface area contributed by atoms with Gasteiger partial charge in [0.2, 0.25) is 0 Å². The van der Waals surface area contributed by atoms with E-state index in [0.717, 1.165) is 5.56 Å². The number of hydrogen-bond donors (Lipinski definition) is 3. The minimum absolute atomic E-state index is 0.0847. The number of nitrogens with one attached hydrogen (secondary N) is 1. The molecule has 0 bridgehead atoms. The van der Waals surface area contributed by atoms with Crippen molar-refractivity contribution in [1.82, 2.24) is 5.43 Å². The Labute approximate surface area is 109 Å². The van der Waals surface area contributed by atoms with Crippen molar-refractivity contribution in [2.24, 2.45) is 10.8 Å². The first-order chi connectivity index (χ1) is 8.49. The van der Waals surface area contributed by atoms with Crippen molar-refractivity contribution in [1.29, 1.82) is 0 Å². The van der Waals surface area contributed by atoms with E-state index in [1.165, 1.54) is 13.1 Å². The van der Waals surface area contributed by atoms with Gasteiger partial charge < -0.3 is 15.6 Å². The lowest BCUT2D eigenvalue weighted by Gasteiger charge is -2.09. The van der Waals surface area contributed by atoms with Gasteiger partial charge in [0.05, 0.1) is 6.21 Å². The second kappa shape index (κ2) is 6.55. The molecule has 0 radical (unpaired) electrons. The van der Waals surface area contributed by atoms with Gasteiger partial charge in [0, 0.05) is 0 Å². The topological polar surface area (TPSA) is 96.9 Å². The summed E-state index contributed by atoms with van der Waals surface area (Å²) in [6, 6.07) is 6.77. The molecule has 7 heteroatoms. The molecule has 0 aliphatic heterocycles. The van der Waals surface area contributed by atoms with Gasteiger partial charge in [-0.1, -0.05) is 0 Å². The molecule has 0 unspecified atom stereocenters. The Morgan fingerprint density at radius 1 is 1.56 bits per heavy atom. The summed E-state index contributed by atoms with van der Waals surface area (Å²) in [6.07, 6.45) is 0.643. The van der Waals surface area contributed by atoms with Crippen LogP contribution in [0.15, 0.2) is 29.4 Å². The zero-order valence-electron chi connectivity index (χ0n) is 9.66. The van der Waals surface area contributed by atoms with Gasteiger partial charge in [-0.15, -0.1) is 0 Å². The molecule has 4 N–H and O–H groups in total. The van der Waals surface area contributed by atoms with Crippen LogP contribution in [0.3, 0.4) is 0 Å². The largest absolute Gasteiger partial charge is 0.479 e. The maximum absolute atomic E-state index is 10.6. The molecule has 0 aliphatic rings. The summed E-state index contributed by atoms with van der Waals surface area (Å²) in [6.45, 7) is 1.46. The minimum atomic E-state index is -1.01. The van der Waals surface area contributed by atoms with Gasteiger partial charge in [0.15, 0.2) is 11.2 Å². The summed E-state index contributed by atoms with van der Waals surface area (Å²) < 4.78 is 5.17. The number of carbonyl (C=O) groups is 1. The fourth-order valence-corrected chi connectivity index (χ4v) is 1.11. The first kappa shape index (κ1) is 13.9. The molecule has 0 aromatic heterocycles. The van der Waals surface area contributed by atoms with Gasteiger partial charge in [-0.05, 0) is 49.0 Å². The van der Waals surface area contributed by atoms with E-state index in [-0.39, 0.29) is 5.11 Å². The van der Waals surface area contributed by atoms with E-state index in [1.807, 2.05) is 0 Å². The van der Waals surface area contributed by atoms with Crippen molar-refractivity contribution >= 4 is 29.5 Å². The van der Waals surface area contributed by atoms with Gasteiger partial charge >= 0.3 is 5.97 Å². The molecule has 0 spiro atoms. The number of rotatable bonds is 5. The lowest BCUT2D eigenvalue weighted by Crippen LogP contribution is -2.24. The second-order valence-corrected chi connectivity index (χ2v) is 3.84. The standard InChI is InChI=1S/C11H13N3O3S/c1-7(10(15)16)17-9-4-2-8(3-5-9)6-13-14-11(12)18/h2-7H,1H3,(H,15,16)(H3,12,14,18)/b13-6-/t7-/m1/s1. The van der Waals surface area contributed by atoms with Crippen LogP contribution in [0, 0.1) is 0 Å². The van der Waals surface area contributed by atoms with Crippen LogP contribution in [-0.4, -0.2) is 28.5 Å². The van der Waals surface area contributed by atoms with Crippen LogP contribution < -0.4 is 15.9 Å². The SMILES string of the molecule is C[C@@H](Oc1ccc(/C=N\NC(N)=S)cc1)C(=O)O. The van der Waals surface area contributed by atoms with Gasteiger partial charge in [-0.25, -0.2) is 4.79 Å². The summed E-state index contributed by atoms with van der Waals surface area (Å²) >= 11 is 4.58. The van der Waals surface area contributed by atoms with E-state index in [9.17, 15) is 4.79 Å². The number of thiocarbonyl (C=S) groups is 1. The number of hydrogen-bond acceptors (Lipinski definition) is 4. The predicted molar refractivity (Wildman–Crippen MR) is 71.7 cm³/mol. The lowest BCUT2D eigenvalue weighted by molar-refractivity contribution is -0.144. The van der Waals surface area contributed by atoms with Gasteiger partial charge in [0.25, 0.3) is 0 Å². The van der Waals surface area contributed by atoms with Crippen LogP contribution in [0.5, 0.6) is 5.75 Å². The van der Waals surface area contributed by atoms with Crippen molar-refractivity contribution in [3.05, 3.63) is 29.8 Å². The Hall–Kier alpha value is -2.15. The maximum Gasteiger partial charge on any atom is 0.344 e. The third-order valence-electron chi connectivity index (χ3n) is 1.93.